The molecule has 131 heavy (non-hydrogen) atoms. The summed E-state index contributed by atoms with van der Waals surface area (Å²) in [5.74, 6) is 3.24. The first-order chi connectivity index (χ1) is 64.1. The maximum absolute atomic E-state index is 13.0. The van der Waals surface area contributed by atoms with Gasteiger partial charge in [-0.25, -0.2) is 68.7 Å². The van der Waals surface area contributed by atoms with E-state index in [-0.39, 0.29) is 24.2 Å². The lowest BCUT2D eigenvalue weighted by Gasteiger charge is -2.33. The first-order valence-corrected chi connectivity index (χ1v) is 44.1. The topological polar surface area (TPSA) is 472 Å². The summed E-state index contributed by atoms with van der Waals surface area (Å²) in [5.41, 5.74) is 9.58. The molecule has 0 atom stereocenters. The fraction of sp³-hybridized carbons (Fsp3) is 0.326. The van der Waals surface area contributed by atoms with E-state index in [9.17, 15) is 38.4 Å². The van der Waals surface area contributed by atoms with Crippen molar-refractivity contribution < 1.29 is 4.74 Å². The monoisotopic (exact) mass is 1760 g/mol. The second kappa shape index (κ2) is 36.7. The van der Waals surface area contributed by atoms with Crippen molar-refractivity contribution in [3.05, 3.63) is 248 Å². The Kier molecular flexibility index (Phi) is 23.6. The number of morpholine rings is 1. The van der Waals surface area contributed by atoms with Crippen molar-refractivity contribution in [3.63, 3.8) is 0 Å². The molecule has 6 aliphatic heterocycles. The smallest absolute Gasteiger partial charge is 0.329 e. The molecule has 39 nitrogen and oxygen atoms in total. The van der Waals surface area contributed by atoms with E-state index in [1.807, 2.05) is 117 Å². The van der Waals surface area contributed by atoms with E-state index in [4.69, 9.17) is 29.7 Å². The van der Waals surface area contributed by atoms with Crippen LogP contribution in [0.25, 0.3) is 139 Å². The predicted molar refractivity (Wildman–Crippen MR) is 498 cm³/mol. The molecule has 0 amide bonds. The highest BCUT2D eigenvalue weighted by Crippen LogP contribution is 2.35. The standard InChI is InChI=1S/C25H28N8O2.C24H25N7O3.C23H20N8O2.C20H19N7O2/c1-31-10-12-32(13-11-31)21-5-2-16(14-28-21)19-3-4-20-22(29-19)23-18(15-27-20)24(34)30-25(35)33(23)17-6-8-26-9-7-17;32-23-17-14-26-19-3-2-18(15-1-4-20(27-13-15)30-9-11-34-12-10-30)28-21(19)22(17)31(24(33)29-23)16-5-7-25-8-6-16;32-22-16-13-25-18-4-3-17(14-2-5-19(26-12-14)30-11-1-8-27-30)28-20(18)21(16)31(23(33)29-22)15-6-9-24-10-7-15;1-11-22-8-12(9-23-11)15-2-3-16-17(25-15)18-14(10-24-16)19(28)26-20(29)27(18)13-4-6-21-7-5-13/h2-5,14-15,17,26H,6-13H2,1H3,(H,30,34,35);1-4,13-14,16,25H,5-12H2,(H,29,32,33);1-5,8,11-13,15,24H,6-7,9-10H2,(H,29,32,33);2-3,8-10,13,21H,4-7H2,1H3,(H,26,28,29). The first kappa shape index (κ1) is 84.3. The van der Waals surface area contributed by atoms with Crippen LogP contribution in [0.4, 0.5) is 11.6 Å². The van der Waals surface area contributed by atoms with E-state index in [0.29, 0.717) is 130 Å². The fourth-order valence-electron chi connectivity index (χ4n) is 18.3. The lowest BCUT2D eigenvalue weighted by atomic mass is 10.1. The molecule has 0 unspecified atom stereocenters. The predicted octanol–water partition coefficient (Wildman–Crippen LogP) is 5.96. The number of likely N-dealkylation sites (N-methyl/N-ethyl adjacent to an activating group) is 1. The highest BCUT2D eigenvalue weighted by Gasteiger charge is 2.29. The average molecular weight is 1760 g/mol. The Bertz CT molecular complexity index is 7700. The van der Waals surface area contributed by atoms with Gasteiger partial charge in [-0.2, -0.15) is 5.10 Å². The summed E-state index contributed by atoms with van der Waals surface area (Å²) < 4.78 is 13.9. The summed E-state index contributed by atoms with van der Waals surface area (Å²) in [7, 11) is 2.14. The highest BCUT2D eigenvalue weighted by atomic mass is 16.5. The second-order valence-corrected chi connectivity index (χ2v) is 33.4. The molecule has 6 saturated heterocycles. The van der Waals surface area contributed by atoms with Crippen molar-refractivity contribution >= 4 is 99.4 Å². The maximum Gasteiger partial charge on any atom is 0.329 e. The molecule has 17 aromatic rings. The third kappa shape index (κ3) is 17.0. The molecule has 0 aromatic carbocycles. The van der Waals surface area contributed by atoms with Gasteiger partial charge in [-0.3, -0.25) is 77.3 Å². The van der Waals surface area contributed by atoms with Gasteiger partial charge >= 0.3 is 22.8 Å². The van der Waals surface area contributed by atoms with Crippen LogP contribution >= 0.6 is 0 Å². The number of aromatic nitrogens is 23. The van der Waals surface area contributed by atoms with Crippen LogP contribution in [0, 0.1) is 6.92 Å². The Morgan fingerprint density at radius 3 is 0.939 bits per heavy atom. The number of rotatable bonds is 11. The lowest BCUT2D eigenvalue weighted by Crippen LogP contribution is -2.44. The normalized spacial score (nSPS) is 16.4. The fourth-order valence-corrected chi connectivity index (χ4v) is 18.3. The molecule has 8 N–H and O–H groups in total. The quantitative estimate of drug-likeness (QED) is 0.0693. The number of fused-ring (bicyclic) bond motifs is 12. The minimum absolute atomic E-state index is 0.0105. The molecule has 0 radical (unpaired) electrons. The van der Waals surface area contributed by atoms with Gasteiger partial charge in [0.15, 0.2) is 5.82 Å². The molecule has 23 rings (SSSR count). The number of H-pyrrole nitrogens is 4. The van der Waals surface area contributed by atoms with Crippen LogP contribution in [0.2, 0.25) is 0 Å². The molecule has 0 spiro atoms. The molecule has 0 saturated carbocycles. The Hall–Kier alpha value is -14.9. The number of hydrogen-bond acceptors (Lipinski definition) is 30. The third-order valence-electron chi connectivity index (χ3n) is 25.2. The van der Waals surface area contributed by atoms with Gasteiger partial charge in [-0.1, -0.05) is 0 Å². The van der Waals surface area contributed by atoms with Crippen LogP contribution in [0.3, 0.4) is 0 Å². The van der Waals surface area contributed by atoms with Crippen LogP contribution in [0.1, 0.15) is 81.4 Å². The third-order valence-corrected chi connectivity index (χ3v) is 25.2. The first-order valence-electron chi connectivity index (χ1n) is 44.1. The molecule has 39 heteroatoms. The van der Waals surface area contributed by atoms with Gasteiger partial charge < -0.3 is 40.7 Å². The maximum atomic E-state index is 13.0. The molecule has 6 fully saturated rings. The Balaban J connectivity index is 0.000000109. The minimum Gasteiger partial charge on any atom is -0.378 e. The van der Waals surface area contributed by atoms with E-state index in [0.717, 1.165) is 183 Å². The molecule has 0 aliphatic carbocycles. The lowest BCUT2D eigenvalue weighted by molar-refractivity contribution is 0.122. The summed E-state index contributed by atoms with van der Waals surface area (Å²) >= 11 is 0. The number of piperazine rings is 1. The van der Waals surface area contributed by atoms with Crippen LogP contribution in [-0.2, 0) is 4.74 Å². The SMILES string of the molecule is CN1CCN(c2ccc(-c3ccc4ncc5c(=O)[nH]c(=O)n(C6CCNCC6)c5c4n3)cn2)CC1.Cc1ncc(-c2ccc3ncc4c(=O)[nH]c(=O)n(C5CCNCC5)c4c3n2)cn1.O=c1[nH]c(=O)n(C2CCNCC2)c2c1cnc1ccc(-c3ccc(-n4cccn4)nc3)nc12.O=c1[nH]c(=O)n(C2CCNCC2)c2c1cnc1ccc(-c3ccc(N4CCOCC4)nc3)nc12. The summed E-state index contributed by atoms with van der Waals surface area (Å²) in [4.78, 5) is 178. The number of pyridine rings is 11. The van der Waals surface area contributed by atoms with Crippen molar-refractivity contribution in [2.75, 3.05) is 122 Å². The summed E-state index contributed by atoms with van der Waals surface area (Å²) in [6, 6.07) is 28.6. The average Bonchev–Trinajstić information content (AvgIpc) is 0.897. The van der Waals surface area contributed by atoms with E-state index in [2.05, 4.69) is 108 Å². The number of anilines is 2. The number of nitrogens with one attached hydrogen (secondary N) is 8. The second-order valence-electron chi connectivity index (χ2n) is 33.4. The van der Waals surface area contributed by atoms with Gasteiger partial charge in [-0.15, -0.1) is 0 Å². The Labute approximate surface area is 742 Å². The van der Waals surface area contributed by atoms with Gasteiger partial charge in [0.05, 0.1) is 102 Å². The van der Waals surface area contributed by atoms with Crippen molar-refractivity contribution in [2.24, 2.45) is 0 Å². The van der Waals surface area contributed by atoms with E-state index < -0.39 is 45.0 Å². The highest BCUT2D eigenvalue weighted by molar-refractivity contribution is 6.04. The van der Waals surface area contributed by atoms with Crippen molar-refractivity contribution in [1.29, 1.82) is 0 Å². The van der Waals surface area contributed by atoms with Crippen LogP contribution in [-0.4, -0.2) is 230 Å². The number of hydrogen-bond donors (Lipinski definition) is 8. The van der Waals surface area contributed by atoms with Gasteiger partial charge in [0.1, 0.15) is 39.5 Å². The van der Waals surface area contributed by atoms with E-state index in [1.165, 1.54) is 18.6 Å². The largest absolute Gasteiger partial charge is 0.378 e. The number of piperidine rings is 4. The molecule has 6 aliphatic rings. The molecule has 0 bridgehead atoms. The molecular weight excluding hydrogens is 1670 g/mol. The number of ether oxygens (including phenoxy) is 1. The Morgan fingerprint density at radius 2 is 0.634 bits per heavy atom. The number of aryl methyl sites for hydroxylation is 1. The minimum atomic E-state index is -0.452. The summed E-state index contributed by atoms with van der Waals surface area (Å²) in [5, 5.41) is 18.9. The zero-order chi connectivity index (χ0) is 89.3. The summed E-state index contributed by atoms with van der Waals surface area (Å²) in [6.07, 6.45) is 24.9. The molecule has 23 heterocycles. The van der Waals surface area contributed by atoms with Crippen LogP contribution in [0.5, 0.6) is 0 Å². The zero-order valence-corrected chi connectivity index (χ0v) is 71.8. The van der Waals surface area contributed by atoms with Crippen molar-refractivity contribution in [1.82, 2.24) is 139 Å². The van der Waals surface area contributed by atoms with Gasteiger partial charge in [0.25, 0.3) is 22.2 Å². The van der Waals surface area contributed by atoms with Crippen molar-refractivity contribution in [2.45, 2.75) is 82.5 Å². The van der Waals surface area contributed by atoms with Crippen molar-refractivity contribution in [3.8, 4) is 50.8 Å². The molecule has 17 aromatic heterocycles. The number of aromatic amines is 4. The van der Waals surface area contributed by atoms with Gasteiger partial charge in [0, 0.05) is 154 Å². The van der Waals surface area contributed by atoms with Crippen LogP contribution in [0.15, 0.2) is 198 Å². The van der Waals surface area contributed by atoms with E-state index >= 15 is 0 Å². The Morgan fingerprint density at radius 1 is 0.328 bits per heavy atom. The van der Waals surface area contributed by atoms with Crippen LogP contribution < -0.4 is 76.1 Å². The van der Waals surface area contributed by atoms with Gasteiger partial charge in [0.2, 0.25) is 0 Å². The van der Waals surface area contributed by atoms with Gasteiger partial charge in [-0.05, 0) is 209 Å². The summed E-state index contributed by atoms with van der Waals surface area (Å²) in [6.45, 7) is 15.4. The zero-order valence-electron chi connectivity index (χ0n) is 71.8. The molecule has 664 valence electrons. The molecular formula is C92H92N30O9. The van der Waals surface area contributed by atoms with E-state index in [1.54, 1.807) is 53.9 Å². The number of nitrogens with zero attached hydrogens (tertiary/aromatic N) is 22.